The van der Waals surface area contributed by atoms with E-state index in [0.29, 0.717) is 0 Å². The van der Waals surface area contributed by atoms with Crippen molar-refractivity contribution in [3.8, 4) is 33.8 Å². The molecule has 138 valence electrons. The van der Waals surface area contributed by atoms with Crippen LogP contribution in [0.1, 0.15) is 0 Å². The molecule has 8 heteroatoms. The van der Waals surface area contributed by atoms with Crippen molar-refractivity contribution >= 4 is 21.9 Å². The lowest BCUT2D eigenvalue weighted by molar-refractivity contribution is 1.09. The molecule has 6 heterocycles. The van der Waals surface area contributed by atoms with Gasteiger partial charge in [-0.1, -0.05) is 0 Å². The van der Waals surface area contributed by atoms with Crippen LogP contribution in [-0.2, 0) is 0 Å². The molecule has 0 radical (unpaired) electrons. The van der Waals surface area contributed by atoms with Crippen LogP contribution in [0, 0.1) is 0 Å². The third-order valence-electron chi connectivity index (χ3n) is 4.99. The molecular weight excluding hydrogens is 364 g/mol. The Kier molecular flexibility index (Phi) is 3.30. The van der Waals surface area contributed by atoms with Crippen molar-refractivity contribution < 1.29 is 0 Å². The van der Waals surface area contributed by atoms with Crippen LogP contribution < -0.4 is 0 Å². The van der Waals surface area contributed by atoms with E-state index < -0.39 is 0 Å². The maximum atomic E-state index is 4.57. The lowest BCUT2D eigenvalue weighted by Gasteiger charge is -2.00. The van der Waals surface area contributed by atoms with Gasteiger partial charge in [-0.05, 0) is 30.3 Å². The van der Waals surface area contributed by atoms with Crippen molar-refractivity contribution in [2.24, 2.45) is 0 Å². The van der Waals surface area contributed by atoms with Gasteiger partial charge in [0, 0.05) is 64.0 Å². The molecule has 0 spiro atoms. The number of rotatable bonds is 3. The summed E-state index contributed by atoms with van der Waals surface area (Å²) in [6.45, 7) is 0. The standard InChI is InChI=1S/C21H14N8/c1-2-12(8-22-4-1)19-15-7-18(27-17(15)3-5-23-19)20-16-6-13(14-10-25-26-11-14)9-24-21(16)29-28-20/h1-11,27H,(H,25,26)(H,24,28,29). The second kappa shape index (κ2) is 6.10. The van der Waals surface area contributed by atoms with Crippen LogP contribution in [0.2, 0.25) is 0 Å². The molecule has 0 atom stereocenters. The summed E-state index contributed by atoms with van der Waals surface area (Å²) < 4.78 is 0. The van der Waals surface area contributed by atoms with Gasteiger partial charge < -0.3 is 4.98 Å². The quantitative estimate of drug-likeness (QED) is 0.432. The molecule has 8 nitrogen and oxygen atoms in total. The summed E-state index contributed by atoms with van der Waals surface area (Å²) in [7, 11) is 0. The highest BCUT2D eigenvalue weighted by molar-refractivity contribution is 5.99. The van der Waals surface area contributed by atoms with Crippen LogP contribution in [0.4, 0.5) is 0 Å². The first-order valence-corrected chi connectivity index (χ1v) is 9.08. The molecule has 0 saturated carbocycles. The molecule has 0 aliphatic heterocycles. The molecular formula is C21H14N8. The van der Waals surface area contributed by atoms with Crippen molar-refractivity contribution in [3.63, 3.8) is 0 Å². The third kappa shape index (κ3) is 2.50. The van der Waals surface area contributed by atoms with Crippen LogP contribution in [-0.4, -0.2) is 40.3 Å². The highest BCUT2D eigenvalue weighted by atomic mass is 15.2. The van der Waals surface area contributed by atoms with Gasteiger partial charge in [0.2, 0.25) is 0 Å². The Morgan fingerprint density at radius 3 is 2.66 bits per heavy atom. The number of nitrogens with one attached hydrogen (secondary N) is 3. The van der Waals surface area contributed by atoms with Gasteiger partial charge in [0.15, 0.2) is 5.65 Å². The zero-order chi connectivity index (χ0) is 19.2. The van der Waals surface area contributed by atoms with Crippen LogP contribution >= 0.6 is 0 Å². The number of aromatic amines is 3. The Bertz CT molecular complexity index is 1440. The van der Waals surface area contributed by atoms with Crippen molar-refractivity contribution in [2.45, 2.75) is 0 Å². The van der Waals surface area contributed by atoms with E-state index in [0.717, 1.165) is 55.7 Å². The maximum absolute atomic E-state index is 4.57. The van der Waals surface area contributed by atoms with E-state index in [2.05, 4.69) is 52.5 Å². The summed E-state index contributed by atoms with van der Waals surface area (Å²) in [5.74, 6) is 0. The zero-order valence-corrected chi connectivity index (χ0v) is 15.1. The Morgan fingerprint density at radius 1 is 0.793 bits per heavy atom. The third-order valence-corrected chi connectivity index (χ3v) is 4.99. The van der Waals surface area contributed by atoms with Crippen molar-refractivity contribution in [2.75, 3.05) is 0 Å². The number of pyridine rings is 3. The van der Waals surface area contributed by atoms with Crippen LogP contribution in [0.15, 0.2) is 67.5 Å². The highest BCUT2D eigenvalue weighted by Gasteiger charge is 2.15. The molecule has 0 aliphatic rings. The van der Waals surface area contributed by atoms with E-state index in [1.54, 1.807) is 18.6 Å². The number of H-pyrrole nitrogens is 3. The van der Waals surface area contributed by atoms with Crippen molar-refractivity contribution in [3.05, 3.63) is 67.5 Å². The molecule has 6 aromatic heterocycles. The van der Waals surface area contributed by atoms with Gasteiger partial charge in [-0.3, -0.25) is 20.2 Å². The summed E-state index contributed by atoms with van der Waals surface area (Å²) in [5.41, 5.74) is 7.24. The maximum Gasteiger partial charge on any atom is 0.155 e. The Hall–Kier alpha value is -4.33. The van der Waals surface area contributed by atoms with E-state index in [1.165, 1.54) is 0 Å². The fourth-order valence-corrected chi connectivity index (χ4v) is 3.59. The molecule has 0 bridgehead atoms. The molecule has 3 N–H and O–H groups in total. The van der Waals surface area contributed by atoms with E-state index >= 15 is 0 Å². The average molecular weight is 378 g/mol. The van der Waals surface area contributed by atoms with Crippen LogP contribution in [0.5, 0.6) is 0 Å². The van der Waals surface area contributed by atoms with Crippen LogP contribution in [0.25, 0.3) is 55.7 Å². The van der Waals surface area contributed by atoms with E-state index in [4.69, 9.17) is 0 Å². The molecule has 0 aliphatic carbocycles. The predicted octanol–water partition coefficient (Wildman–Crippen LogP) is 3.95. The van der Waals surface area contributed by atoms with E-state index in [1.807, 2.05) is 36.8 Å². The fraction of sp³-hybridized carbons (Fsp3) is 0. The van der Waals surface area contributed by atoms with Gasteiger partial charge >= 0.3 is 0 Å². The summed E-state index contributed by atoms with van der Waals surface area (Å²) >= 11 is 0. The summed E-state index contributed by atoms with van der Waals surface area (Å²) in [6, 6.07) is 10.0. The topological polar surface area (TPSA) is 112 Å². The number of aromatic nitrogens is 8. The molecule has 0 amide bonds. The second-order valence-corrected chi connectivity index (χ2v) is 6.72. The summed E-state index contributed by atoms with van der Waals surface area (Å²) in [4.78, 5) is 16.8. The molecule has 0 saturated heterocycles. The van der Waals surface area contributed by atoms with Gasteiger partial charge in [0.1, 0.15) is 5.69 Å². The minimum atomic E-state index is 0.733. The Morgan fingerprint density at radius 2 is 1.79 bits per heavy atom. The molecule has 0 aromatic carbocycles. The first-order valence-electron chi connectivity index (χ1n) is 9.08. The highest BCUT2D eigenvalue weighted by Crippen LogP contribution is 2.33. The number of fused-ring (bicyclic) bond motifs is 2. The normalized spacial score (nSPS) is 11.4. The number of hydrogen-bond donors (Lipinski definition) is 3. The average Bonchev–Trinajstić information content (AvgIpc) is 3.52. The van der Waals surface area contributed by atoms with Crippen molar-refractivity contribution in [1.82, 2.24) is 40.3 Å². The molecule has 6 aromatic rings. The van der Waals surface area contributed by atoms with Crippen LogP contribution in [0.3, 0.4) is 0 Å². The first-order chi connectivity index (χ1) is 14.4. The Labute approximate surface area is 164 Å². The van der Waals surface area contributed by atoms with Gasteiger partial charge in [-0.15, -0.1) is 0 Å². The zero-order valence-electron chi connectivity index (χ0n) is 15.1. The van der Waals surface area contributed by atoms with Gasteiger partial charge in [0.05, 0.1) is 17.6 Å². The van der Waals surface area contributed by atoms with Crippen molar-refractivity contribution in [1.29, 1.82) is 0 Å². The van der Waals surface area contributed by atoms with Gasteiger partial charge in [-0.2, -0.15) is 10.2 Å². The van der Waals surface area contributed by atoms with Gasteiger partial charge in [-0.25, -0.2) is 4.98 Å². The van der Waals surface area contributed by atoms with Gasteiger partial charge in [0.25, 0.3) is 0 Å². The lowest BCUT2D eigenvalue weighted by atomic mass is 10.1. The predicted molar refractivity (Wildman–Crippen MR) is 110 cm³/mol. The largest absolute Gasteiger partial charge is 0.353 e. The minimum Gasteiger partial charge on any atom is -0.353 e. The molecule has 0 fully saturated rings. The molecule has 29 heavy (non-hydrogen) atoms. The number of hydrogen-bond acceptors (Lipinski definition) is 5. The lowest BCUT2D eigenvalue weighted by Crippen LogP contribution is -1.84. The first kappa shape index (κ1) is 15.7. The SMILES string of the molecule is c1cncc(-c2nccc3[nH]c(-c4n[nH]c5ncc(-c6cn[nH]c6)cc45)cc23)c1. The number of nitrogens with zero attached hydrogens (tertiary/aromatic N) is 5. The molecule has 6 rings (SSSR count). The smallest absolute Gasteiger partial charge is 0.155 e. The fourth-order valence-electron chi connectivity index (χ4n) is 3.59. The second-order valence-electron chi connectivity index (χ2n) is 6.72. The molecule has 0 unspecified atom stereocenters. The summed E-state index contributed by atoms with van der Waals surface area (Å²) in [5, 5.41) is 16.3. The minimum absolute atomic E-state index is 0.733. The Balaban J connectivity index is 1.54. The monoisotopic (exact) mass is 378 g/mol. The van der Waals surface area contributed by atoms with E-state index in [9.17, 15) is 0 Å². The summed E-state index contributed by atoms with van der Waals surface area (Å²) in [6.07, 6.45) is 10.8. The van der Waals surface area contributed by atoms with E-state index in [-0.39, 0.29) is 0 Å².